The van der Waals surface area contributed by atoms with Gasteiger partial charge in [-0.2, -0.15) is 0 Å². The molecule has 1 fully saturated rings. The van der Waals surface area contributed by atoms with Crippen molar-refractivity contribution in [2.24, 2.45) is 0 Å². The van der Waals surface area contributed by atoms with E-state index >= 15 is 0 Å². The quantitative estimate of drug-likeness (QED) is 0.696. The van der Waals surface area contributed by atoms with Crippen LogP contribution in [-0.2, 0) is 11.2 Å². The van der Waals surface area contributed by atoms with Crippen molar-refractivity contribution in [1.29, 1.82) is 0 Å². The average molecular weight is 385 g/mol. The van der Waals surface area contributed by atoms with Crippen LogP contribution in [0.1, 0.15) is 36.8 Å². The normalized spacial score (nSPS) is 17.4. The summed E-state index contributed by atoms with van der Waals surface area (Å²) >= 11 is 0. The molecule has 144 valence electrons. The van der Waals surface area contributed by atoms with Crippen LogP contribution in [0.25, 0.3) is 6.08 Å². The molecule has 0 saturated carbocycles. The molecule has 1 saturated heterocycles. The molecule has 1 amide bonds. The Morgan fingerprint density at radius 2 is 1.85 bits per heavy atom. The van der Waals surface area contributed by atoms with Crippen molar-refractivity contribution in [3.63, 3.8) is 0 Å². The molecule has 0 radical (unpaired) electrons. The Bertz CT molecular complexity index is 745. The van der Waals surface area contributed by atoms with E-state index in [2.05, 4.69) is 35.5 Å². The first-order chi connectivity index (χ1) is 12.7. The third-order valence-electron chi connectivity index (χ3n) is 5.18. The molecule has 2 aromatic rings. The van der Waals surface area contributed by atoms with Crippen molar-refractivity contribution in [3.05, 3.63) is 71.8 Å². The van der Waals surface area contributed by atoms with Gasteiger partial charge in [-0.05, 0) is 68.6 Å². The van der Waals surface area contributed by atoms with Crippen LogP contribution in [0.3, 0.4) is 0 Å². The van der Waals surface area contributed by atoms with Gasteiger partial charge < -0.3 is 10.2 Å². The molecule has 0 spiro atoms. The van der Waals surface area contributed by atoms with Gasteiger partial charge in [0, 0.05) is 17.8 Å². The van der Waals surface area contributed by atoms with Crippen LogP contribution in [-0.4, -0.2) is 30.4 Å². The number of carbonyl (C=O) groups is 1. The first-order valence-corrected chi connectivity index (χ1v) is 9.54. The highest BCUT2D eigenvalue weighted by molar-refractivity contribution is 6.01. The minimum Gasteiger partial charge on any atom is -0.323 e. The Kier molecular flexibility index (Phi) is 8.56. The Balaban J connectivity index is 0.00000261. The molecule has 1 unspecified atom stereocenters. The number of anilines is 1. The molecule has 3 nitrogen and oxygen atoms in total. The highest BCUT2D eigenvalue weighted by atomic mass is 35.5. The summed E-state index contributed by atoms with van der Waals surface area (Å²) in [5, 5.41) is 2.89. The standard InChI is InChI=1S/C23H28N2O.ClH/c1-25-18-8-7-13-22(25)16-14-19-9-5-6-10-20(19)15-17-23(26)24-21-11-3-2-4-12-21;/h2-6,9-12,15,17,22H,7-8,13-14,16,18H2,1H3,(H,24,26);1H/b17-15+;. The summed E-state index contributed by atoms with van der Waals surface area (Å²) in [4.78, 5) is 14.6. The van der Waals surface area contributed by atoms with Crippen molar-refractivity contribution >= 4 is 30.1 Å². The topological polar surface area (TPSA) is 32.3 Å². The molecule has 1 aliphatic rings. The summed E-state index contributed by atoms with van der Waals surface area (Å²) in [6.07, 6.45) is 9.75. The Labute approximate surface area is 168 Å². The molecule has 4 heteroatoms. The molecule has 3 rings (SSSR count). The number of rotatable bonds is 6. The zero-order valence-electron chi connectivity index (χ0n) is 15.9. The van der Waals surface area contributed by atoms with Crippen molar-refractivity contribution in [3.8, 4) is 0 Å². The van der Waals surface area contributed by atoms with Gasteiger partial charge in [0.15, 0.2) is 0 Å². The van der Waals surface area contributed by atoms with Gasteiger partial charge in [0.25, 0.3) is 0 Å². The van der Waals surface area contributed by atoms with Crippen LogP contribution in [0.15, 0.2) is 60.7 Å². The summed E-state index contributed by atoms with van der Waals surface area (Å²) in [5.74, 6) is -0.0991. The monoisotopic (exact) mass is 384 g/mol. The van der Waals surface area contributed by atoms with Gasteiger partial charge >= 0.3 is 0 Å². The maximum absolute atomic E-state index is 12.1. The number of hydrogen-bond acceptors (Lipinski definition) is 2. The molecule has 1 aliphatic heterocycles. The van der Waals surface area contributed by atoms with Gasteiger partial charge in [-0.3, -0.25) is 4.79 Å². The first-order valence-electron chi connectivity index (χ1n) is 9.54. The van der Waals surface area contributed by atoms with Crippen molar-refractivity contribution in [2.45, 2.75) is 38.1 Å². The molecule has 1 N–H and O–H groups in total. The molecule has 0 bridgehead atoms. The third kappa shape index (κ3) is 6.53. The molecule has 2 aromatic carbocycles. The Morgan fingerprint density at radius 1 is 1.11 bits per heavy atom. The minimum atomic E-state index is -0.0991. The van der Waals surface area contributed by atoms with E-state index in [0.29, 0.717) is 6.04 Å². The molecule has 1 atom stereocenters. The predicted octanol–water partition coefficient (Wildman–Crippen LogP) is 5.18. The number of hydrogen-bond donors (Lipinski definition) is 1. The molecule has 0 aliphatic carbocycles. The van der Waals surface area contributed by atoms with Crippen LogP contribution >= 0.6 is 12.4 Å². The SMILES string of the molecule is CN1CCCCC1CCc1ccccc1/C=C/C(=O)Nc1ccccc1.Cl. The Morgan fingerprint density at radius 3 is 2.63 bits per heavy atom. The maximum Gasteiger partial charge on any atom is 0.248 e. The lowest BCUT2D eigenvalue weighted by atomic mass is 9.94. The number of nitrogens with zero attached hydrogens (tertiary/aromatic N) is 1. The number of benzene rings is 2. The maximum atomic E-state index is 12.1. The van der Waals surface area contributed by atoms with E-state index in [0.717, 1.165) is 17.7 Å². The van der Waals surface area contributed by atoms with Crippen LogP contribution < -0.4 is 5.32 Å². The summed E-state index contributed by atoms with van der Waals surface area (Å²) < 4.78 is 0. The second-order valence-corrected chi connectivity index (χ2v) is 7.06. The zero-order chi connectivity index (χ0) is 18.2. The summed E-state index contributed by atoms with van der Waals surface area (Å²) in [5.41, 5.74) is 3.26. The van der Waals surface area contributed by atoms with E-state index in [1.54, 1.807) is 6.08 Å². The predicted molar refractivity (Wildman–Crippen MR) is 116 cm³/mol. The number of piperidine rings is 1. The highest BCUT2D eigenvalue weighted by Crippen LogP contribution is 2.21. The van der Waals surface area contributed by atoms with Crippen LogP contribution in [0.5, 0.6) is 0 Å². The van der Waals surface area contributed by atoms with Crippen LogP contribution in [0.2, 0.25) is 0 Å². The number of aryl methyl sites for hydroxylation is 1. The van der Waals surface area contributed by atoms with Gasteiger partial charge in [0.2, 0.25) is 5.91 Å². The molecular weight excluding hydrogens is 356 g/mol. The minimum absolute atomic E-state index is 0. The Hall–Kier alpha value is -2.10. The fourth-order valence-corrected chi connectivity index (χ4v) is 3.63. The van der Waals surface area contributed by atoms with E-state index in [4.69, 9.17) is 0 Å². The molecule has 27 heavy (non-hydrogen) atoms. The number of amides is 1. The number of nitrogens with one attached hydrogen (secondary N) is 1. The van der Waals surface area contributed by atoms with E-state index in [-0.39, 0.29) is 18.3 Å². The molecular formula is C23H29ClN2O. The van der Waals surface area contributed by atoms with E-state index in [1.807, 2.05) is 42.5 Å². The second-order valence-electron chi connectivity index (χ2n) is 7.06. The zero-order valence-corrected chi connectivity index (χ0v) is 16.8. The van der Waals surface area contributed by atoms with Gasteiger partial charge in [-0.15, -0.1) is 12.4 Å². The molecule has 1 heterocycles. The van der Waals surface area contributed by atoms with E-state index < -0.39 is 0 Å². The van der Waals surface area contributed by atoms with Crippen molar-refractivity contribution < 1.29 is 4.79 Å². The van der Waals surface area contributed by atoms with Gasteiger partial charge in [0.05, 0.1) is 0 Å². The lowest BCUT2D eigenvalue weighted by Crippen LogP contribution is -2.36. The lowest BCUT2D eigenvalue weighted by molar-refractivity contribution is -0.111. The van der Waals surface area contributed by atoms with E-state index in [9.17, 15) is 4.79 Å². The van der Waals surface area contributed by atoms with Gasteiger partial charge in [-0.1, -0.05) is 48.9 Å². The summed E-state index contributed by atoms with van der Waals surface area (Å²) in [6, 6.07) is 18.6. The fraction of sp³-hybridized carbons (Fsp3) is 0.348. The number of halogens is 1. The average Bonchev–Trinajstić information content (AvgIpc) is 2.67. The van der Waals surface area contributed by atoms with Crippen LogP contribution in [0, 0.1) is 0 Å². The second kappa shape index (κ2) is 10.9. The fourth-order valence-electron chi connectivity index (χ4n) is 3.63. The smallest absolute Gasteiger partial charge is 0.248 e. The number of para-hydroxylation sites is 1. The van der Waals surface area contributed by atoms with Crippen molar-refractivity contribution in [1.82, 2.24) is 4.90 Å². The third-order valence-corrected chi connectivity index (χ3v) is 5.18. The molecule has 0 aromatic heterocycles. The van der Waals surface area contributed by atoms with Crippen molar-refractivity contribution in [2.75, 3.05) is 18.9 Å². The van der Waals surface area contributed by atoms with Crippen LogP contribution in [0.4, 0.5) is 5.69 Å². The summed E-state index contributed by atoms with van der Waals surface area (Å²) in [6.45, 7) is 1.21. The largest absolute Gasteiger partial charge is 0.323 e. The number of likely N-dealkylation sites (tertiary alicyclic amines) is 1. The highest BCUT2D eigenvalue weighted by Gasteiger charge is 2.18. The number of carbonyl (C=O) groups excluding carboxylic acids is 1. The first kappa shape index (κ1) is 21.2. The summed E-state index contributed by atoms with van der Waals surface area (Å²) in [7, 11) is 2.24. The lowest BCUT2D eigenvalue weighted by Gasteiger charge is -2.32. The van der Waals surface area contributed by atoms with Gasteiger partial charge in [-0.25, -0.2) is 0 Å². The van der Waals surface area contributed by atoms with Gasteiger partial charge in [0.1, 0.15) is 0 Å². The van der Waals surface area contributed by atoms with E-state index in [1.165, 1.54) is 37.8 Å².